The van der Waals surface area contributed by atoms with Crippen LogP contribution in [0.15, 0.2) is 48.7 Å². The number of aromatic hydroxyl groups is 1. The largest absolute Gasteiger partial charge is 0.508 e. The molecule has 0 saturated carbocycles. The van der Waals surface area contributed by atoms with Crippen molar-refractivity contribution in [1.82, 2.24) is 14.8 Å². The summed E-state index contributed by atoms with van der Waals surface area (Å²) in [6.07, 6.45) is 4.55. The number of phenols is 1. The van der Waals surface area contributed by atoms with E-state index in [1.54, 1.807) is 6.07 Å². The van der Waals surface area contributed by atoms with Crippen LogP contribution in [0.2, 0.25) is 0 Å². The van der Waals surface area contributed by atoms with Crippen LogP contribution in [-0.4, -0.2) is 51.6 Å². The quantitative estimate of drug-likeness (QED) is 0.936. The molecule has 1 aromatic carbocycles. The first-order valence-electron chi connectivity index (χ1n) is 9.46. The number of benzene rings is 1. The molecule has 4 heteroatoms. The monoisotopic (exact) mass is 335 g/mol. The average Bonchev–Trinajstić information content (AvgIpc) is 3.05. The number of rotatable bonds is 3. The summed E-state index contributed by atoms with van der Waals surface area (Å²) >= 11 is 0. The van der Waals surface area contributed by atoms with Crippen LogP contribution in [0.25, 0.3) is 0 Å². The Labute approximate surface area is 149 Å². The SMILES string of the molecule is Oc1cccc([C@@H]2CN(Cc3ccccn3)[C@@H]3C4CCN(CC4)[C@@H]32)c1. The van der Waals surface area contributed by atoms with Crippen molar-refractivity contribution in [3.8, 4) is 5.75 Å². The lowest BCUT2D eigenvalue weighted by molar-refractivity contribution is -0.00898. The fourth-order valence-electron chi connectivity index (χ4n) is 5.47. The number of fused-ring (bicyclic) bond motifs is 2. The fourth-order valence-corrected chi connectivity index (χ4v) is 5.47. The number of piperidine rings is 3. The van der Waals surface area contributed by atoms with Crippen molar-refractivity contribution >= 4 is 0 Å². The third-order valence-corrected chi connectivity index (χ3v) is 6.48. The van der Waals surface area contributed by atoms with E-state index in [1.165, 1.54) is 31.5 Å². The van der Waals surface area contributed by atoms with E-state index in [4.69, 9.17) is 0 Å². The highest BCUT2D eigenvalue weighted by molar-refractivity contribution is 5.33. The number of hydrogen-bond donors (Lipinski definition) is 1. The summed E-state index contributed by atoms with van der Waals surface area (Å²) in [4.78, 5) is 9.93. The van der Waals surface area contributed by atoms with Gasteiger partial charge in [-0.15, -0.1) is 0 Å². The summed E-state index contributed by atoms with van der Waals surface area (Å²) < 4.78 is 0. The smallest absolute Gasteiger partial charge is 0.115 e. The van der Waals surface area contributed by atoms with Gasteiger partial charge in [-0.25, -0.2) is 0 Å². The summed E-state index contributed by atoms with van der Waals surface area (Å²) in [7, 11) is 0. The first-order valence-corrected chi connectivity index (χ1v) is 9.46. The third kappa shape index (κ3) is 2.64. The zero-order valence-electron chi connectivity index (χ0n) is 14.5. The molecule has 1 aromatic heterocycles. The standard InChI is InChI=1S/C21H25N3O/c25-18-6-3-4-16(12-18)19-14-24(13-17-5-1-2-9-22-17)20-15-7-10-23(11-8-15)21(19)20/h1-6,9,12,15,19-21,25H,7-8,10-11,13-14H2/t19-,20+,21+/m0/s1. The molecule has 6 rings (SSSR count). The second-order valence-electron chi connectivity index (χ2n) is 7.81. The Bertz CT molecular complexity index is 742. The van der Waals surface area contributed by atoms with Crippen molar-refractivity contribution in [2.45, 2.75) is 37.4 Å². The van der Waals surface area contributed by atoms with Crippen LogP contribution in [0.3, 0.4) is 0 Å². The van der Waals surface area contributed by atoms with Crippen LogP contribution in [0.1, 0.15) is 30.0 Å². The number of hydrogen-bond acceptors (Lipinski definition) is 4. The zero-order valence-corrected chi connectivity index (χ0v) is 14.5. The highest BCUT2D eigenvalue weighted by Gasteiger charge is 2.53. The lowest BCUT2D eigenvalue weighted by Crippen LogP contribution is -2.60. The maximum Gasteiger partial charge on any atom is 0.115 e. The van der Waals surface area contributed by atoms with Crippen LogP contribution < -0.4 is 0 Å². The Hall–Kier alpha value is -1.91. The van der Waals surface area contributed by atoms with Gasteiger partial charge in [-0.05, 0) is 61.7 Å². The van der Waals surface area contributed by atoms with Gasteiger partial charge in [0, 0.05) is 37.3 Å². The molecule has 0 amide bonds. The van der Waals surface area contributed by atoms with Gasteiger partial charge in [0.25, 0.3) is 0 Å². The first-order chi connectivity index (χ1) is 12.3. The Morgan fingerprint density at radius 2 is 1.92 bits per heavy atom. The first kappa shape index (κ1) is 15.4. The van der Waals surface area contributed by atoms with E-state index in [9.17, 15) is 5.11 Å². The molecule has 4 nitrogen and oxygen atoms in total. The van der Waals surface area contributed by atoms with Crippen LogP contribution in [-0.2, 0) is 6.54 Å². The molecule has 4 fully saturated rings. The molecular formula is C21H25N3O. The minimum absolute atomic E-state index is 0.383. The molecule has 1 N–H and O–H groups in total. The molecule has 4 aliphatic rings. The van der Waals surface area contributed by atoms with Crippen LogP contribution in [0.5, 0.6) is 5.75 Å². The number of pyridine rings is 1. The summed E-state index contributed by atoms with van der Waals surface area (Å²) in [6.45, 7) is 4.46. The average molecular weight is 335 g/mol. The molecule has 0 radical (unpaired) electrons. The van der Waals surface area contributed by atoms with Gasteiger partial charge >= 0.3 is 0 Å². The number of phenolic OH excluding ortho intramolecular Hbond substituents is 1. The molecule has 5 heterocycles. The summed E-state index contributed by atoms with van der Waals surface area (Å²) in [5, 5.41) is 9.97. The number of likely N-dealkylation sites (tertiary alicyclic amines) is 1. The van der Waals surface area contributed by atoms with Crippen LogP contribution in [0, 0.1) is 5.92 Å². The normalized spacial score (nSPS) is 34.2. The zero-order chi connectivity index (χ0) is 16.8. The minimum Gasteiger partial charge on any atom is -0.508 e. The molecule has 130 valence electrons. The van der Waals surface area contributed by atoms with Crippen molar-refractivity contribution in [1.29, 1.82) is 0 Å². The summed E-state index contributed by atoms with van der Waals surface area (Å²) in [5.41, 5.74) is 2.44. The predicted octanol–water partition coefficient (Wildman–Crippen LogP) is 2.85. The Balaban J connectivity index is 1.49. The minimum atomic E-state index is 0.383. The van der Waals surface area contributed by atoms with Crippen molar-refractivity contribution < 1.29 is 5.11 Å². The van der Waals surface area contributed by atoms with Gasteiger partial charge in [-0.1, -0.05) is 18.2 Å². The highest BCUT2D eigenvalue weighted by Crippen LogP contribution is 2.47. The molecule has 0 unspecified atom stereocenters. The van der Waals surface area contributed by atoms with Gasteiger partial charge in [0.05, 0.1) is 5.69 Å². The molecule has 0 spiro atoms. The second kappa shape index (κ2) is 6.11. The van der Waals surface area contributed by atoms with Gasteiger partial charge in [0.1, 0.15) is 5.75 Å². The van der Waals surface area contributed by atoms with Gasteiger partial charge in [-0.3, -0.25) is 14.8 Å². The van der Waals surface area contributed by atoms with E-state index in [0.717, 1.165) is 24.7 Å². The molecule has 2 bridgehead atoms. The lowest BCUT2D eigenvalue weighted by atomic mass is 9.75. The summed E-state index contributed by atoms with van der Waals surface area (Å²) in [6, 6.07) is 15.3. The lowest BCUT2D eigenvalue weighted by Gasteiger charge is -2.51. The Morgan fingerprint density at radius 3 is 2.68 bits per heavy atom. The Kier molecular flexibility index (Phi) is 3.75. The van der Waals surface area contributed by atoms with Gasteiger partial charge < -0.3 is 5.11 Å². The van der Waals surface area contributed by atoms with Crippen molar-refractivity contribution in [3.63, 3.8) is 0 Å². The highest BCUT2D eigenvalue weighted by atomic mass is 16.3. The maximum atomic E-state index is 9.97. The van der Waals surface area contributed by atoms with E-state index in [1.807, 2.05) is 24.4 Å². The maximum absolute atomic E-state index is 9.97. The van der Waals surface area contributed by atoms with Gasteiger partial charge in [0.15, 0.2) is 0 Å². The molecule has 3 atom stereocenters. The van der Waals surface area contributed by atoms with Gasteiger partial charge in [0.2, 0.25) is 0 Å². The van der Waals surface area contributed by atoms with Crippen molar-refractivity contribution in [3.05, 3.63) is 59.9 Å². The van der Waals surface area contributed by atoms with Crippen molar-refractivity contribution in [2.24, 2.45) is 5.92 Å². The number of nitrogens with zero attached hydrogens (tertiary/aromatic N) is 3. The third-order valence-electron chi connectivity index (χ3n) is 6.48. The summed E-state index contributed by atoms with van der Waals surface area (Å²) in [5.74, 6) is 1.66. The Morgan fingerprint density at radius 1 is 1.04 bits per heavy atom. The molecule has 0 aliphatic carbocycles. The van der Waals surface area contributed by atoms with Crippen LogP contribution >= 0.6 is 0 Å². The van der Waals surface area contributed by atoms with E-state index < -0.39 is 0 Å². The van der Waals surface area contributed by atoms with E-state index >= 15 is 0 Å². The van der Waals surface area contributed by atoms with Crippen LogP contribution in [0.4, 0.5) is 0 Å². The molecule has 25 heavy (non-hydrogen) atoms. The second-order valence-corrected chi connectivity index (χ2v) is 7.81. The van der Waals surface area contributed by atoms with E-state index in [-0.39, 0.29) is 0 Å². The molecular weight excluding hydrogens is 310 g/mol. The fraction of sp³-hybridized carbons (Fsp3) is 0.476. The van der Waals surface area contributed by atoms with Gasteiger partial charge in [-0.2, -0.15) is 0 Å². The number of aromatic nitrogens is 1. The van der Waals surface area contributed by atoms with Crippen molar-refractivity contribution in [2.75, 3.05) is 19.6 Å². The molecule has 2 aromatic rings. The topological polar surface area (TPSA) is 39.6 Å². The predicted molar refractivity (Wildman–Crippen MR) is 97.4 cm³/mol. The van der Waals surface area contributed by atoms with E-state index in [2.05, 4.69) is 33.0 Å². The molecule has 4 saturated heterocycles. The van der Waals surface area contributed by atoms with E-state index in [0.29, 0.717) is 23.8 Å². The molecule has 4 aliphatic heterocycles.